The van der Waals surface area contributed by atoms with E-state index in [-0.39, 0.29) is 0 Å². The second kappa shape index (κ2) is 4.29. The summed E-state index contributed by atoms with van der Waals surface area (Å²) in [5, 5.41) is 0. The van der Waals surface area contributed by atoms with Crippen molar-refractivity contribution in [1.29, 1.82) is 0 Å². The standard InChI is InChI=1S/C4H10ClO3P/c1-3-7-9(5,6)8-4-2/h3-4H2,1-2H3/i1D3,2D3,3D2,4D2. The smallest absolute Gasteiger partial charge is 0.297 e. The molecule has 3 nitrogen and oxygen atoms in total. The molecule has 0 aromatic rings. The number of rotatable bonds is 4. The van der Waals surface area contributed by atoms with Crippen LogP contribution in [0.1, 0.15) is 27.4 Å². The highest BCUT2D eigenvalue weighted by Crippen LogP contribution is 2.53. The van der Waals surface area contributed by atoms with Crippen LogP contribution >= 0.6 is 18.2 Å². The van der Waals surface area contributed by atoms with E-state index in [0.717, 1.165) is 0 Å². The van der Waals surface area contributed by atoms with Crippen LogP contribution < -0.4 is 0 Å². The van der Waals surface area contributed by atoms with Crippen LogP contribution in [0.5, 0.6) is 0 Å². The van der Waals surface area contributed by atoms with Gasteiger partial charge in [-0.05, 0) is 13.7 Å². The molecule has 0 amide bonds. The summed E-state index contributed by atoms with van der Waals surface area (Å²) in [7, 11) is 0. The summed E-state index contributed by atoms with van der Waals surface area (Å²) in [6.07, 6.45) is 0. The van der Waals surface area contributed by atoms with E-state index >= 15 is 0 Å². The van der Waals surface area contributed by atoms with Crippen molar-refractivity contribution in [3.63, 3.8) is 0 Å². The molecule has 0 aliphatic carbocycles. The Hall–Kier alpha value is 0.440. The molecular weight excluding hydrogens is 162 g/mol. The van der Waals surface area contributed by atoms with Gasteiger partial charge in [-0.1, -0.05) is 0 Å². The first-order chi connectivity index (χ1) is 7.91. The van der Waals surface area contributed by atoms with E-state index in [9.17, 15) is 4.57 Å². The molecule has 0 heterocycles. The van der Waals surface area contributed by atoms with Crippen LogP contribution in [0.3, 0.4) is 0 Å². The number of hydrogen-bond acceptors (Lipinski definition) is 3. The molecule has 0 rings (SSSR count). The molecule has 0 bridgehead atoms. The predicted octanol–water partition coefficient (Wildman–Crippen LogP) is 2.41. The molecule has 0 aliphatic heterocycles. The molecule has 0 aromatic heterocycles. The third-order valence-electron chi connectivity index (χ3n) is 0.309. The Morgan fingerprint density at radius 1 is 1.67 bits per heavy atom. The molecule has 0 saturated carbocycles. The fourth-order valence-corrected chi connectivity index (χ4v) is 0.590. The summed E-state index contributed by atoms with van der Waals surface area (Å²) in [4.78, 5) is 0. The quantitative estimate of drug-likeness (QED) is 0.627. The van der Waals surface area contributed by atoms with E-state index in [4.69, 9.17) is 24.9 Å². The van der Waals surface area contributed by atoms with Gasteiger partial charge in [0.2, 0.25) is 0 Å². The zero-order valence-corrected chi connectivity index (χ0v) is 5.70. The van der Waals surface area contributed by atoms with Gasteiger partial charge in [-0.15, -0.1) is 0 Å². The van der Waals surface area contributed by atoms with Gasteiger partial charge in [0.05, 0.1) is 18.6 Å². The zero-order chi connectivity index (χ0) is 15.9. The van der Waals surface area contributed by atoms with E-state index in [2.05, 4.69) is 9.05 Å². The molecule has 0 aromatic carbocycles. The molecule has 56 valence electrons. The van der Waals surface area contributed by atoms with Crippen molar-refractivity contribution in [3.05, 3.63) is 0 Å². The first-order valence-corrected chi connectivity index (χ1v) is 4.07. The van der Waals surface area contributed by atoms with Crippen LogP contribution in [0.2, 0.25) is 0 Å². The third-order valence-corrected chi connectivity index (χ3v) is 1.34. The molecule has 0 fully saturated rings. The molecule has 0 aliphatic rings. The van der Waals surface area contributed by atoms with E-state index < -0.39 is 33.8 Å². The minimum atomic E-state index is -5.13. The van der Waals surface area contributed by atoms with Crippen molar-refractivity contribution in [3.8, 4) is 0 Å². The summed E-state index contributed by atoms with van der Waals surface area (Å²) < 4.78 is 87.8. The second-order valence-electron chi connectivity index (χ2n) is 0.817. The van der Waals surface area contributed by atoms with Crippen LogP contribution in [0.15, 0.2) is 0 Å². The van der Waals surface area contributed by atoms with Gasteiger partial charge in [0.1, 0.15) is 0 Å². The van der Waals surface area contributed by atoms with Gasteiger partial charge in [-0.3, -0.25) is 9.05 Å². The van der Waals surface area contributed by atoms with Crippen LogP contribution in [-0.2, 0) is 13.6 Å². The first kappa shape index (κ1) is 1.98. The Kier molecular flexibility index (Phi) is 0.942. The predicted molar refractivity (Wildman–Crippen MR) is 36.7 cm³/mol. The third kappa shape index (κ3) is 4.91. The Bertz CT molecular complexity index is 342. The topological polar surface area (TPSA) is 35.5 Å². The van der Waals surface area contributed by atoms with Crippen molar-refractivity contribution in [1.82, 2.24) is 0 Å². The van der Waals surface area contributed by atoms with E-state index in [1.807, 2.05) is 0 Å². The summed E-state index contributed by atoms with van der Waals surface area (Å²) in [5.41, 5.74) is 0. The highest BCUT2D eigenvalue weighted by atomic mass is 35.7. The van der Waals surface area contributed by atoms with Gasteiger partial charge in [0.15, 0.2) is 0 Å². The molecular formula is C4H10ClO3P. The fourth-order valence-electron chi connectivity index (χ4n) is 0.128. The SMILES string of the molecule is [2H]C([2H])([2H])C([2H])([2H])OP(=O)(Cl)OC([2H])([2H])C([2H])([2H])[2H]. The lowest BCUT2D eigenvalue weighted by Gasteiger charge is -2.06. The maximum atomic E-state index is 11.5. The molecule has 0 atom stereocenters. The number of halogens is 1. The van der Waals surface area contributed by atoms with Crippen molar-refractivity contribution in [2.45, 2.75) is 13.7 Å². The van der Waals surface area contributed by atoms with Crippen molar-refractivity contribution < 1.29 is 27.3 Å². The molecule has 0 radical (unpaired) electrons. The molecule has 9 heavy (non-hydrogen) atoms. The Labute approximate surface area is 73.7 Å². The fraction of sp³-hybridized carbons (Fsp3) is 1.00. The van der Waals surface area contributed by atoms with Gasteiger partial charge < -0.3 is 0 Å². The minimum Gasteiger partial charge on any atom is -0.297 e. The maximum absolute atomic E-state index is 11.5. The van der Waals surface area contributed by atoms with E-state index in [0.29, 0.717) is 0 Å². The molecule has 0 N–H and O–H groups in total. The second-order valence-corrected chi connectivity index (χ2v) is 3.29. The summed E-state index contributed by atoms with van der Waals surface area (Å²) >= 11 is 5.05. The van der Waals surface area contributed by atoms with Crippen molar-refractivity contribution >= 4 is 18.2 Å². The van der Waals surface area contributed by atoms with Crippen molar-refractivity contribution in [2.75, 3.05) is 13.1 Å². The molecule has 0 unspecified atom stereocenters. The highest BCUT2D eigenvalue weighted by Gasteiger charge is 2.17. The monoisotopic (exact) mass is 182 g/mol. The lowest BCUT2D eigenvalue weighted by atomic mass is 10.9. The number of hydrogen-bond donors (Lipinski definition) is 0. The summed E-state index contributed by atoms with van der Waals surface area (Å²) in [6.45, 7) is -18.9. The molecule has 0 saturated heterocycles. The summed E-state index contributed by atoms with van der Waals surface area (Å²) in [6, 6.07) is 0. The lowest BCUT2D eigenvalue weighted by Crippen LogP contribution is -1.88. The zero-order valence-electron chi connectivity index (χ0n) is 14.0. The van der Waals surface area contributed by atoms with Crippen LogP contribution in [0.25, 0.3) is 0 Å². The average Bonchev–Trinajstić information content (AvgIpc) is 1.93. The van der Waals surface area contributed by atoms with Gasteiger partial charge in [0.25, 0.3) is 0 Å². The van der Waals surface area contributed by atoms with Gasteiger partial charge >= 0.3 is 6.95 Å². The summed E-state index contributed by atoms with van der Waals surface area (Å²) in [5.74, 6) is 0. The molecule has 0 spiro atoms. The van der Waals surface area contributed by atoms with Gasteiger partial charge in [0, 0.05) is 19.5 Å². The van der Waals surface area contributed by atoms with Crippen LogP contribution in [0, 0.1) is 0 Å². The van der Waals surface area contributed by atoms with Crippen LogP contribution in [0.4, 0.5) is 0 Å². The van der Waals surface area contributed by atoms with E-state index in [1.165, 1.54) is 0 Å². The maximum Gasteiger partial charge on any atom is 0.424 e. The first-order valence-electron chi connectivity index (χ1n) is 6.63. The Morgan fingerprint density at radius 2 is 2.11 bits per heavy atom. The van der Waals surface area contributed by atoms with E-state index in [1.54, 1.807) is 0 Å². The minimum absolute atomic E-state index is 3.38. The van der Waals surface area contributed by atoms with Crippen molar-refractivity contribution in [2.24, 2.45) is 0 Å². The largest absolute Gasteiger partial charge is 0.424 e. The normalized spacial score (nSPS) is 34.3. The van der Waals surface area contributed by atoms with Crippen LogP contribution in [-0.4, -0.2) is 13.1 Å². The van der Waals surface area contributed by atoms with Gasteiger partial charge in [-0.25, -0.2) is 4.57 Å². The molecule has 5 heteroatoms. The Balaban J connectivity index is 5.10. The lowest BCUT2D eigenvalue weighted by molar-refractivity contribution is 0.235. The average molecular weight is 183 g/mol. The highest BCUT2D eigenvalue weighted by molar-refractivity contribution is 7.81. The Morgan fingerprint density at radius 3 is 2.44 bits per heavy atom. The van der Waals surface area contributed by atoms with Gasteiger partial charge in [-0.2, -0.15) is 0 Å².